The summed E-state index contributed by atoms with van der Waals surface area (Å²) >= 11 is 0.980. The van der Waals surface area contributed by atoms with E-state index in [2.05, 4.69) is 13.8 Å². The molecule has 136 valence electrons. The minimum absolute atomic E-state index is 0.0864. The Kier molecular flexibility index (Phi) is 4.21. The lowest BCUT2D eigenvalue weighted by atomic mass is 10.1. The van der Waals surface area contributed by atoms with Crippen LogP contribution < -0.4 is 0 Å². The minimum atomic E-state index is -3.73. The van der Waals surface area contributed by atoms with Crippen LogP contribution in [-0.2, 0) is 10.0 Å². The van der Waals surface area contributed by atoms with Crippen molar-refractivity contribution in [3.63, 3.8) is 0 Å². The van der Waals surface area contributed by atoms with E-state index in [-0.39, 0.29) is 23.0 Å². The molecular formula is C15H15N5O4S2. The number of carboxylic acids is 1. The second-order valence-electron chi connectivity index (χ2n) is 6.06. The molecule has 0 saturated carbocycles. The van der Waals surface area contributed by atoms with E-state index in [0.29, 0.717) is 24.0 Å². The lowest BCUT2D eigenvalue weighted by molar-refractivity contribution is 0.0696. The topological polar surface area (TPSA) is 118 Å². The fraction of sp³-hybridized carbons (Fsp3) is 0.333. The van der Waals surface area contributed by atoms with Gasteiger partial charge in [-0.3, -0.25) is 4.68 Å². The number of sulfonamides is 1. The Bertz CT molecular complexity index is 1070. The van der Waals surface area contributed by atoms with Gasteiger partial charge in [0.15, 0.2) is 0 Å². The quantitative estimate of drug-likeness (QED) is 0.715. The van der Waals surface area contributed by atoms with E-state index in [9.17, 15) is 13.2 Å². The number of nitrogens with zero attached hydrogens (tertiary/aromatic N) is 5. The Balaban J connectivity index is 1.64. The highest BCUT2D eigenvalue weighted by Crippen LogP contribution is 2.29. The van der Waals surface area contributed by atoms with Crippen molar-refractivity contribution in [2.75, 3.05) is 13.1 Å². The standard InChI is InChI=1S/C15H15N5O4S2/c21-15(22)10-7-16-20(8-10)11-3-2-6-19(9-11)26(23,24)13-5-1-4-12-14(13)18-25-17-12/h1,4-5,7-8,11H,2-3,6,9H2,(H,21,22). The van der Waals surface area contributed by atoms with Crippen molar-refractivity contribution >= 4 is 38.8 Å². The number of benzene rings is 1. The van der Waals surface area contributed by atoms with E-state index >= 15 is 0 Å². The number of hydrogen-bond donors (Lipinski definition) is 1. The first-order valence-corrected chi connectivity index (χ1v) is 10.1. The summed E-state index contributed by atoms with van der Waals surface area (Å²) in [6, 6.07) is 4.72. The fourth-order valence-electron chi connectivity index (χ4n) is 3.13. The van der Waals surface area contributed by atoms with Gasteiger partial charge >= 0.3 is 5.97 Å². The normalized spacial score (nSPS) is 19.0. The molecular weight excluding hydrogens is 378 g/mol. The van der Waals surface area contributed by atoms with Crippen LogP contribution in [0.25, 0.3) is 11.0 Å². The zero-order chi connectivity index (χ0) is 18.3. The van der Waals surface area contributed by atoms with Crippen LogP contribution in [0, 0.1) is 0 Å². The number of aromatic carboxylic acids is 1. The number of aromatic nitrogens is 4. The first kappa shape index (κ1) is 17.1. The summed E-state index contributed by atoms with van der Waals surface area (Å²) < 4.78 is 37.4. The van der Waals surface area contributed by atoms with Crippen LogP contribution in [0.2, 0.25) is 0 Å². The highest BCUT2D eigenvalue weighted by Gasteiger charge is 2.33. The zero-order valence-corrected chi connectivity index (χ0v) is 15.2. The lowest BCUT2D eigenvalue weighted by Crippen LogP contribution is -2.40. The second-order valence-corrected chi connectivity index (χ2v) is 8.50. The summed E-state index contributed by atoms with van der Waals surface area (Å²) in [5.74, 6) is -1.06. The van der Waals surface area contributed by atoms with Crippen molar-refractivity contribution in [2.45, 2.75) is 23.8 Å². The maximum atomic E-state index is 13.1. The van der Waals surface area contributed by atoms with Gasteiger partial charge in [-0.1, -0.05) is 6.07 Å². The van der Waals surface area contributed by atoms with E-state index in [1.165, 1.54) is 21.4 Å². The summed E-state index contributed by atoms with van der Waals surface area (Å²) in [5.41, 5.74) is 1.03. The van der Waals surface area contributed by atoms with Crippen molar-refractivity contribution in [1.29, 1.82) is 0 Å². The van der Waals surface area contributed by atoms with Crippen LogP contribution >= 0.6 is 11.7 Å². The number of carbonyl (C=O) groups is 1. The van der Waals surface area contributed by atoms with Crippen LogP contribution in [0.4, 0.5) is 0 Å². The molecule has 0 spiro atoms. The summed E-state index contributed by atoms with van der Waals surface area (Å²) in [6.45, 7) is 0.636. The maximum Gasteiger partial charge on any atom is 0.338 e. The molecule has 9 nitrogen and oxygen atoms in total. The fourth-order valence-corrected chi connectivity index (χ4v) is 5.40. The van der Waals surface area contributed by atoms with Gasteiger partial charge in [-0.2, -0.15) is 18.2 Å². The molecule has 1 atom stereocenters. The van der Waals surface area contributed by atoms with Gasteiger partial charge in [0.2, 0.25) is 10.0 Å². The SMILES string of the molecule is O=C(O)c1cnn(C2CCCN(S(=O)(=O)c3cccc4nsnc34)C2)c1. The van der Waals surface area contributed by atoms with Crippen LogP contribution in [0.1, 0.15) is 29.2 Å². The average molecular weight is 393 g/mol. The molecule has 0 aliphatic carbocycles. The molecule has 4 rings (SSSR count). The Hall–Kier alpha value is -2.37. The van der Waals surface area contributed by atoms with Gasteiger partial charge < -0.3 is 5.11 Å². The summed E-state index contributed by atoms with van der Waals surface area (Å²) in [4.78, 5) is 11.2. The second kappa shape index (κ2) is 6.41. The molecule has 3 heterocycles. The first-order chi connectivity index (χ1) is 12.5. The molecule has 1 aliphatic rings. The summed E-state index contributed by atoms with van der Waals surface area (Å²) in [7, 11) is -3.73. The van der Waals surface area contributed by atoms with E-state index in [4.69, 9.17) is 5.11 Å². The first-order valence-electron chi connectivity index (χ1n) is 7.96. The molecule has 0 amide bonds. The number of rotatable bonds is 4. The largest absolute Gasteiger partial charge is 0.478 e. The number of carboxylic acid groups (broad SMARTS) is 1. The Morgan fingerprint density at radius 1 is 1.31 bits per heavy atom. The Labute approximate surface area is 153 Å². The molecule has 2 aromatic heterocycles. The molecule has 26 heavy (non-hydrogen) atoms. The molecule has 0 bridgehead atoms. The lowest BCUT2D eigenvalue weighted by Gasteiger charge is -2.32. The smallest absolute Gasteiger partial charge is 0.338 e. The van der Waals surface area contributed by atoms with Gasteiger partial charge in [0.25, 0.3) is 0 Å². The highest BCUT2D eigenvalue weighted by atomic mass is 32.2. The van der Waals surface area contributed by atoms with Crippen molar-refractivity contribution in [1.82, 2.24) is 22.8 Å². The minimum Gasteiger partial charge on any atom is -0.478 e. The van der Waals surface area contributed by atoms with Crippen molar-refractivity contribution < 1.29 is 18.3 Å². The monoisotopic (exact) mass is 393 g/mol. The van der Waals surface area contributed by atoms with Crippen LogP contribution in [0.15, 0.2) is 35.5 Å². The Morgan fingerprint density at radius 3 is 2.92 bits per heavy atom. The maximum absolute atomic E-state index is 13.1. The van der Waals surface area contributed by atoms with E-state index in [0.717, 1.165) is 18.1 Å². The van der Waals surface area contributed by atoms with E-state index in [1.54, 1.807) is 18.2 Å². The number of fused-ring (bicyclic) bond motifs is 1. The van der Waals surface area contributed by atoms with Gasteiger partial charge in [-0.15, -0.1) is 0 Å². The van der Waals surface area contributed by atoms with E-state index in [1.807, 2.05) is 0 Å². The molecule has 0 radical (unpaired) electrons. The molecule has 1 aliphatic heterocycles. The van der Waals surface area contributed by atoms with Crippen molar-refractivity contribution in [2.24, 2.45) is 0 Å². The summed E-state index contributed by atoms with van der Waals surface area (Å²) in [5, 5.41) is 13.1. The molecule has 11 heteroatoms. The third kappa shape index (κ3) is 2.87. The van der Waals surface area contributed by atoms with Gasteiger partial charge in [-0.25, -0.2) is 13.2 Å². The van der Waals surface area contributed by atoms with Gasteiger partial charge in [0, 0.05) is 19.3 Å². The molecule has 1 fully saturated rings. The van der Waals surface area contributed by atoms with Gasteiger partial charge in [-0.05, 0) is 25.0 Å². The Morgan fingerprint density at radius 2 is 2.15 bits per heavy atom. The van der Waals surface area contributed by atoms with Gasteiger partial charge in [0.1, 0.15) is 15.9 Å². The van der Waals surface area contributed by atoms with Crippen LogP contribution in [0.3, 0.4) is 0 Å². The third-order valence-corrected chi connectivity index (χ3v) is 6.89. The van der Waals surface area contributed by atoms with Crippen LogP contribution in [0.5, 0.6) is 0 Å². The average Bonchev–Trinajstić information content (AvgIpc) is 3.31. The molecule has 3 aromatic rings. The number of hydrogen-bond acceptors (Lipinski definition) is 7. The molecule has 1 saturated heterocycles. The summed E-state index contributed by atoms with van der Waals surface area (Å²) in [6.07, 6.45) is 4.11. The molecule has 1 aromatic carbocycles. The van der Waals surface area contributed by atoms with Crippen LogP contribution in [-0.4, -0.2) is 55.4 Å². The zero-order valence-electron chi connectivity index (χ0n) is 13.5. The van der Waals surface area contributed by atoms with E-state index < -0.39 is 16.0 Å². The predicted molar refractivity (Wildman–Crippen MR) is 93.6 cm³/mol. The van der Waals surface area contributed by atoms with Crippen molar-refractivity contribution in [3.8, 4) is 0 Å². The predicted octanol–water partition coefficient (Wildman–Crippen LogP) is 1.61. The number of piperidine rings is 1. The van der Waals surface area contributed by atoms with Gasteiger partial charge in [0.05, 0.1) is 29.5 Å². The molecule has 1 N–H and O–H groups in total. The highest BCUT2D eigenvalue weighted by molar-refractivity contribution is 7.89. The third-order valence-electron chi connectivity index (χ3n) is 4.45. The van der Waals surface area contributed by atoms with Crippen molar-refractivity contribution in [3.05, 3.63) is 36.2 Å². The molecule has 1 unspecified atom stereocenters.